The number of carbonyl (C=O) groups is 2. The van der Waals surface area contributed by atoms with Gasteiger partial charge >= 0.3 is 0 Å². The fourth-order valence-corrected chi connectivity index (χ4v) is 8.86. The van der Waals surface area contributed by atoms with Gasteiger partial charge in [0.25, 0.3) is 0 Å². The van der Waals surface area contributed by atoms with Crippen LogP contribution in [0.2, 0.25) is 0 Å². The number of carbonyl (C=O) groups excluding carboxylic acids is 2. The molecule has 8 heterocycles. The lowest BCUT2D eigenvalue weighted by atomic mass is 9.87. The van der Waals surface area contributed by atoms with E-state index in [1.165, 1.54) is 0 Å². The Bertz CT molecular complexity index is 2150. The van der Waals surface area contributed by atoms with E-state index in [4.69, 9.17) is 19.6 Å². The molecule has 0 aliphatic carbocycles. The highest BCUT2D eigenvalue weighted by atomic mass is 16.5. The number of rotatable bonds is 14. The summed E-state index contributed by atoms with van der Waals surface area (Å²) in [6.45, 7) is 12.9. The van der Waals surface area contributed by atoms with Crippen LogP contribution in [0, 0.1) is 23.7 Å². The van der Waals surface area contributed by atoms with Gasteiger partial charge in [-0.1, -0.05) is 4.68 Å². The van der Waals surface area contributed by atoms with E-state index in [1.54, 1.807) is 24.7 Å². The van der Waals surface area contributed by atoms with Gasteiger partial charge in [-0.15, -0.1) is 5.10 Å². The van der Waals surface area contributed by atoms with Crippen LogP contribution in [-0.4, -0.2) is 111 Å². The quantitative estimate of drug-likeness (QED) is 0.100. The molecular weight excluding hydrogens is 777 g/mol. The second-order valence-electron chi connectivity index (χ2n) is 17.8. The molecule has 4 aromatic rings. The highest BCUT2D eigenvalue weighted by Gasteiger charge is 2.38. The summed E-state index contributed by atoms with van der Waals surface area (Å²) in [5.41, 5.74) is 3.53. The van der Waals surface area contributed by atoms with E-state index >= 15 is 0 Å². The monoisotopic (exact) mass is 835 g/mol. The molecule has 2 amide bonds. The molecule has 0 saturated carbocycles. The van der Waals surface area contributed by atoms with Gasteiger partial charge in [0, 0.05) is 63.0 Å². The van der Waals surface area contributed by atoms with Crippen LogP contribution >= 0.6 is 0 Å². The Kier molecular flexibility index (Phi) is 13.3. The molecule has 0 aromatic carbocycles. The van der Waals surface area contributed by atoms with Gasteiger partial charge in [0.1, 0.15) is 22.7 Å². The van der Waals surface area contributed by atoms with E-state index in [0.717, 1.165) is 82.6 Å². The first-order valence-electron chi connectivity index (χ1n) is 21.7. The number of hydrogen-bond acceptors (Lipinski definition) is 15. The Morgan fingerprint density at radius 1 is 0.770 bits per heavy atom. The van der Waals surface area contributed by atoms with Crippen molar-refractivity contribution in [2.75, 3.05) is 73.7 Å². The third-order valence-corrected chi connectivity index (χ3v) is 12.1. The predicted molar refractivity (Wildman–Crippen MR) is 229 cm³/mol. The first kappa shape index (κ1) is 42.4. The topological polar surface area (TPSA) is 219 Å². The van der Waals surface area contributed by atoms with Crippen molar-refractivity contribution >= 4 is 35.1 Å². The van der Waals surface area contributed by atoms with Crippen molar-refractivity contribution in [3.8, 4) is 22.8 Å². The van der Waals surface area contributed by atoms with E-state index in [2.05, 4.69) is 77.8 Å². The number of piperidine rings is 1. The summed E-state index contributed by atoms with van der Waals surface area (Å²) in [4.78, 5) is 43.7. The number of nitrogens with zero attached hydrogens (tertiary/aromatic N) is 8. The van der Waals surface area contributed by atoms with E-state index in [9.17, 15) is 9.59 Å². The molecule has 324 valence electrons. The van der Waals surface area contributed by atoms with Crippen LogP contribution in [0.5, 0.6) is 0 Å². The van der Waals surface area contributed by atoms with Gasteiger partial charge in [-0.2, -0.15) is 5.10 Å². The summed E-state index contributed by atoms with van der Waals surface area (Å²) >= 11 is 0. The molecule has 6 N–H and O–H groups in total. The summed E-state index contributed by atoms with van der Waals surface area (Å²) < 4.78 is 14.4. The van der Waals surface area contributed by atoms with Gasteiger partial charge in [-0.25, -0.2) is 19.9 Å². The molecule has 18 heteroatoms. The average molecular weight is 836 g/mol. The summed E-state index contributed by atoms with van der Waals surface area (Å²) in [7, 11) is 0. The number of hydrogen-bond donors (Lipinski definition) is 6. The van der Waals surface area contributed by atoms with Crippen molar-refractivity contribution in [3.05, 3.63) is 49.1 Å². The minimum Gasteiger partial charge on any atom is -0.383 e. The van der Waals surface area contributed by atoms with Crippen LogP contribution in [0.1, 0.15) is 65.7 Å². The van der Waals surface area contributed by atoms with Crippen LogP contribution in [0.4, 0.5) is 23.3 Å². The maximum Gasteiger partial charge on any atom is 0.231 e. The summed E-state index contributed by atoms with van der Waals surface area (Å²) in [5, 5.41) is 33.2. The molecule has 4 saturated heterocycles. The highest BCUT2D eigenvalue weighted by molar-refractivity contribution is 5.92. The molecule has 4 aromatic heterocycles. The van der Waals surface area contributed by atoms with E-state index < -0.39 is 5.60 Å². The van der Waals surface area contributed by atoms with Crippen molar-refractivity contribution < 1.29 is 23.7 Å². The fraction of sp³-hybridized carbons (Fsp3) is 0.581. The van der Waals surface area contributed by atoms with Crippen molar-refractivity contribution in [2.24, 2.45) is 23.7 Å². The van der Waals surface area contributed by atoms with Crippen molar-refractivity contribution in [2.45, 2.75) is 83.5 Å². The van der Waals surface area contributed by atoms with Crippen LogP contribution in [0.15, 0.2) is 49.1 Å². The van der Waals surface area contributed by atoms with Crippen LogP contribution < -0.4 is 36.6 Å². The van der Waals surface area contributed by atoms with Crippen LogP contribution in [0.25, 0.3) is 22.8 Å². The Labute approximate surface area is 356 Å². The Morgan fingerprint density at radius 2 is 1.41 bits per heavy atom. The van der Waals surface area contributed by atoms with Crippen molar-refractivity contribution in [1.29, 1.82) is 0 Å². The SMILES string of the molecule is CC1(C)CC(CNc2cc(-c3ccnc(NC(=O)C4CCNC4)n3)n[n+](CC3(C)CC(CNc4cnnc(-c5ccnc(NC(=O)C6CCCNC6)n5)c4)CCO3)c2)CCO1. The molecule has 4 aliphatic rings. The molecule has 61 heavy (non-hydrogen) atoms. The minimum absolute atomic E-state index is 0.0815. The van der Waals surface area contributed by atoms with Gasteiger partial charge in [0.15, 0.2) is 5.69 Å². The molecule has 18 nitrogen and oxygen atoms in total. The zero-order valence-electron chi connectivity index (χ0n) is 35.5. The van der Waals surface area contributed by atoms with Crippen molar-refractivity contribution in [1.82, 2.24) is 45.9 Å². The smallest absolute Gasteiger partial charge is 0.231 e. The third kappa shape index (κ3) is 11.5. The zero-order chi connectivity index (χ0) is 42.2. The third-order valence-electron chi connectivity index (χ3n) is 12.1. The first-order valence-corrected chi connectivity index (χ1v) is 21.7. The summed E-state index contributed by atoms with van der Waals surface area (Å²) in [5.74, 6) is 0.921. The largest absolute Gasteiger partial charge is 0.383 e. The van der Waals surface area contributed by atoms with Crippen molar-refractivity contribution in [3.63, 3.8) is 0 Å². The molecule has 0 spiro atoms. The maximum atomic E-state index is 12.9. The summed E-state index contributed by atoms with van der Waals surface area (Å²) in [6.07, 6.45) is 13.3. The number of amides is 2. The van der Waals surface area contributed by atoms with E-state index in [1.807, 2.05) is 29.1 Å². The van der Waals surface area contributed by atoms with Gasteiger partial charge in [-0.3, -0.25) is 20.2 Å². The lowest BCUT2D eigenvalue weighted by molar-refractivity contribution is -0.764. The lowest BCUT2D eigenvalue weighted by Gasteiger charge is -2.36. The molecule has 4 fully saturated rings. The van der Waals surface area contributed by atoms with Crippen LogP contribution in [-0.2, 0) is 25.6 Å². The lowest BCUT2D eigenvalue weighted by Crippen LogP contribution is -2.53. The zero-order valence-corrected chi connectivity index (χ0v) is 35.5. The molecule has 0 radical (unpaired) electrons. The molecule has 0 bridgehead atoms. The number of aromatic nitrogens is 8. The van der Waals surface area contributed by atoms with Gasteiger partial charge in [0.05, 0.1) is 35.0 Å². The minimum atomic E-state index is -0.500. The highest BCUT2D eigenvalue weighted by Crippen LogP contribution is 2.32. The summed E-state index contributed by atoms with van der Waals surface area (Å²) in [6, 6.07) is 7.51. The molecule has 5 unspecified atom stereocenters. The molecular formula is C43H59N14O4+. The normalized spacial score (nSPS) is 25.0. The second kappa shape index (κ2) is 19.2. The molecule has 5 atom stereocenters. The Morgan fingerprint density at radius 3 is 2.08 bits per heavy atom. The maximum absolute atomic E-state index is 12.9. The average Bonchev–Trinajstić information content (AvgIpc) is 3.81. The number of nitrogens with one attached hydrogen (secondary N) is 6. The molecule has 4 aliphatic heterocycles. The van der Waals surface area contributed by atoms with Gasteiger partial charge < -0.3 is 30.7 Å². The number of ether oxygens (including phenoxy) is 2. The fourth-order valence-electron chi connectivity index (χ4n) is 8.86. The van der Waals surface area contributed by atoms with Gasteiger partial charge in [-0.05, 0) is 109 Å². The second-order valence-corrected chi connectivity index (χ2v) is 17.8. The van der Waals surface area contributed by atoms with E-state index in [-0.39, 0.29) is 41.1 Å². The van der Waals surface area contributed by atoms with Crippen LogP contribution in [0.3, 0.4) is 0 Å². The standard InChI is InChI=1S/C43H58N14O4/c1-42(2)19-28(9-15-60-42)21-49-33-18-37(35-8-14-47-41(52-35)54-39(59)31-6-12-45-24-31)56-57(26-33)27-43(3)20-29(10-16-61-43)22-48-32-17-36(55-50-25-32)34-7-13-46-40(51-34)53-38(58)30-5-4-11-44-23-30/h7-8,13-14,17-18,25-26,28-31,44-45H,4-6,9-12,15-16,19-24,27H2,1-3H3,(H3-,46,47,48,49,51,52,53,54,55,56,58,59)/p+1. The first-order chi connectivity index (χ1) is 29.5. The van der Waals surface area contributed by atoms with E-state index in [0.29, 0.717) is 67.4 Å². The predicted octanol–water partition coefficient (Wildman–Crippen LogP) is 3.47. The number of anilines is 4. The molecule has 8 rings (SSSR count). The Hall–Kier alpha value is -5.30. The Balaban J connectivity index is 0.936. The van der Waals surface area contributed by atoms with Gasteiger partial charge in [0.2, 0.25) is 36.5 Å².